The second kappa shape index (κ2) is 7.44. The lowest BCUT2D eigenvalue weighted by Gasteiger charge is -2.09. The Balaban J connectivity index is 2.74. The van der Waals surface area contributed by atoms with E-state index in [4.69, 9.17) is 4.74 Å². The highest BCUT2D eigenvalue weighted by atomic mass is 16.6. The number of amides is 1. The maximum absolute atomic E-state index is 11.8. The number of carbonyl (C=O) groups excluding carboxylic acids is 1. The van der Waals surface area contributed by atoms with Crippen LogP contribution in [-0.4, -0.2) is 35.7 Å². The molecule has 1 aromatic carbocycles. The Kier molecular flexibility index (Phi) is 5.92. The summed E-state index contributed by atoms with van der Waals surface area (Å²) in [6, 6.07) is 4.01. The second-order valence-corrected chi connectivity index (χ2v) is 4.25. The van der Waals surface area contributed by atoms with E-state index in [0.29, 0.717) is 19.4 Å². The number of methoxy groups -OCH3 is 1. The SMILES string of the molecule is CCC(O)CCNC(=O)c1ccc(OC)c([N+](=O)[O-])c1. The molecule has 7 heteroatoms. The molecule has 1 amide bonds. The molecule has 1 rings (SSSR count). The number of carbonyl (C=O) groups is 1. The van der Waals surface area contributed by atoms with Gasteiger partial charge in [-0.05, 0) is 25.0 Å². The van der Waals surface area contributed by atoms with Crippen LogP contribution in [0, 0.1) is 10.1 Å². The van der Waals surface area contributed by atoms with E-state index in [1.165, 1.54) is 25.3 Å². The number of aliphatic hydroxyl groups excluding tert-OH is 1. The molecule has 7 nitrogen and oxygen atoms in total. The number of hydrogen-bond donors (Lipinski definition) is 2. The molecule has 0 saturated heterocycles. The first-order valence-electron chi connectivity index (χ1n) is 6.28. The minimum absolute atomic E-state index is 0.105. The highest BCUT2D eigenvalue weighted by Gasteiger charge is 2.18. The van der Waals surface area contributed by atoms with Crippen LogP contribution in [0.1, 0.15) is 30.1 Å². The summed E-state index contributed by atoms with van der Waals surface area (Å²) in [5.41, 5.74) is -0.0720. The molecule has 20 heavy (non-hydrogen) atoms. The van der Waals surface area contributed by atoms with Gasteiger partial charge in [0.05, 0.1) is 18.1 Å². The van der Waals surface area contributed by atoms with Crippen LogP contribution in [0.5, 0.6) is 5.75 Å². The van der Waals surface area contributed by atoms with Gasteiger partial charge in [-0.2, -0.15) is 0 Å². The Labute approximate surface area is 116 Å². The van der Waals surface area contributed by atoms with Gasteiger partial charge in [0.1, 0.15) is 0 Å². The zero-order valence-electron chi connectivity index (χ0n) is 11.5. The lowest BCUT2D eigenvalue weighted by Crippen LogP contribution is -2.27. The fraction of sp³-hybridized carbons (Fsp3) is 0.462. The molecule has 1 atom stereocenters. The van der Waals surface area contributed by atoms with Gasteiger partial charge in [-0.15, -0.1) is 0 Å². The van der Waals surface area contributed by atoms with Crippen LogP contribution in [0.15, 0.2) is 18.2 Å². The summed E-state index contributed by atoms with van der Waals surface area (Å²) in [5.74, 6) is -0.313. The molecule has 0 aromatic heterocycles. The summed E-state index contributed by atoms with van der Waals surface area (Å²) in [6.07, 6.45) is 0.602. The lowest BCUT2D eigenvalue weighted by atomic mass is 10.1. The predicted octanol–water partition coefficient (Wildman–Crippen LogP) is 1.49. The third-order valence-corrected chi connectivity index (χ3v) is 2.87. The summed E-state index contributed by atoms with van der Waals surface area (Å²) in [7, 11) is 1.33. The van der Waals surface area contributed by atoms with Crippen molar-refractivity contribution in [2.45, 2.75) is 25.9 Å². The van der Waals surface area contributed by atoms with Gasteiger partial charge in [0.2, 0.25) is 0 Å². The number of nitrogens with zero attached hydrogens (tertiary/aromatic N) is 1. The van der Waals surface area contributed by atoms with E-state index >= 15 is 0 Å². The van der Waals surface area contributed by atoms with E-state index in [-0.39, 0.29) is 17.0 Å². The van der Waals surface area contributed by atoms with Gasteiger partial charge in [-0.25, -0.2) is 0 Å². The van der Waals surface area contributed by atoms with Gasteiger partial charge in [0.15, 0.2) is 5.75 Å². The number of nitro benzene ring substituents is 1. The van der Waals surface area contributed by atoms with Crippen molar-refractivity contribution >= 4 is 11.6 Å². The smallest absolute Gasteiger partial charge is 0.311 e. The number of hydrogen-bond acceptors (Lipinski definition) is 5. The Morgan fingerprint density at radius 3 is 2.80 bits per heavy atom. The van der Waals surface area contributed by atoms with Gasteiger partial charge < -0.3 is 15.2 Å². The van der Waals surface area contributed by atoms with E-state index < -0.39 is 16.9 Å². The molecule has 0 bridgehead atoms. The molecule has 0 aliphatic heterocycles. The summed E-state index contributed by atoms with van der Waals surface area (Å²) >= 11 is 0. The van der Waals surface area contributed by atoms with E-state index in [1.54, 1.807) is 0 Å². The second-order valence-electron chi connectivity index (χ2n) is 4.25. The van der Waals surface area contributed by atoms with Crippen LogP contribution >= 0.6 is 0 Å². The lowest BCUT2D eigenvalue weighted by molar-refractivity contribution is -0.385. The average molecular weight is 282 g/mol. The Bertz CT molecular complexity index is 490. The van der Waals surface area contributed by atoms with Gasteiger partial charge >= 0.3 is 5.69 Å². The number of benzene rings is 1. The summed E-state index contributed by atoms with van der Waals surface area (Å²) in [5, 5.41) is 22.8. The quantitative estimate of drug-likeness (QED) is 0.582. The van der Waals surface area contributed by atoms with Crippen molar-refractivity contribution in [3.63, 3.8) is 0 Å². The highest BCUT2D eigenvalue weighted by Crippen LogP contribution is 2.27. The number of nitrogens with one attached hydrogen (secondary N) is 1. The largest absolute Gasteiger partial charge is 0.490 e. The summed E-state index contributed by atoms with van der Waals surface area (Å²) < 4.78 is 4.86. The molecule has 0 aliphatic carbocycles. The topological polar surface area (TPSA) is 102 Å². The Morgan fingerprint density at radius 1 is 1.55 bits per heavy atom. The molecule has 0 aliphatic rings. The van der Waals surface area contributed by atoms with Crippen molar-refractivity contribution in [1.29, 1.82) is 0 Å². The standard InChI is InChI=1S/C13H18N2O5/c1-3-10(16)6-7-14-13(17)9-4-5-12(20-2)11(8-9)15(18)19/h4-5,8,10,16H,3,6-7H2,1-2H3,(H,14,17). The molecule has 110 valence electrons. The minimum atomic E-state index is -0.601. The van der Waals surface area contributed by atoms with Crippen LogP contribution < -0.4 is 10.1 Å². The van der Waals surface area contributed by atoms with Gasteiger partial charge in [-0.3, -0.25) is 14.9 Å². The normalized spacial score (nSPS) is 11.8. The third-order valence-electron chi connectivity index (χ3n) is 2.87. The molecule has 1 unspecified atom stereocenters. The molecule has 2 N–H and O–H groups in total. The summed E-state index contributed by atoms with van der Waals surface area (Å²) in [6.45, 7) is 2.16. The molecule has 0 spiro atoms. The maximum atomic E-state index is 11.8. The molecule has 1 aromatic rings. The van der Waals surface area contributed by atoms with Crippen LogP contribution in [-0.2, 0) is 0 Å². The van der Waals surface area contributed by atoms with Crippen LogP contribution in [0.4, 0.5) is 5.69 Å². The molecule has 0 heterocycles. The van der Waals surface area contributed by atoms with E-state index in [9.17, 15) is 20.0 Å². The first-order valence-corrected chi connectivity index (χ1v) is 6.28. The molecule has 0 fully saturated rings. The highest BCUT2D eigenvalue weighted by molar-refractivity contribution is 5.95. The number of nitro groups is 1. The molecular weight excluding hydrogens is 264 g/mol. The summed E-state index contributed by atoms with van der Waals surface area (Å²) in [4.78, 5) is 22.1. The van der Waals surface area contributed by atoms with Crippen LogP contribution in [0.2, 0.25) is 0 Å². The fourth-order valence-electron chi connectivity index (χ4n) is 1.63. The zero-order valence-corrected chi connectivity index (χ0v) is 11.5. The molecule has 0 radical (unpaired) electrons. The van der Waals surface area contributed by atoms with Gasteiger partial charge in [-0.1, -0.05) is 6.92 Å². The van der Waals surface area contributed by atoms with E-state index in [2.05, 4.69) is 5.32 Å². The van der Waals surface area contributed by atoms with Crippen LogP contribution in [0.3, 0.4) is 0 Å². The van der Waals surface area contributed by atoms with Crippen LogP contribution in [0.25, 0.3) is 0 Å². The first-order chi connectivity index (χ1) is 9.49. The van der Waals surface area contributed by atoms with Crippen molar-refractivity contribution in [1.82, 2.24) is 5.32 Å². The van der Waals surface area contributed by atoms with Crippen molar-refractivity contribution in [2.24, 2.45) is 0 Å². The molecular formula is C13H18N2O5. The van der Waals surface area contributed by atoms with Gasteiger partial charge in [0, 0.05) is 18.2 Å². The monoisotopic (exact) mass is 282 g/mol. The average Bonchev–Trinajstić information content (AvgIpc) is 2.45. The fourth-order valence-corrected chi connectivity index (χ4v) is 1.63. The Hall–Kier alpha value is -2.15. The van der Waals surface area contributed by atoms with Gasteiger partial charge in [0.25, 0.3) is 5.91 Å². The number of aliphatic hydroxyl groups is 1. The minimum Gasteiger partial charge on any atom is -0.490 e. The van der Waals surface area contributed by atoms with Crippen molar-refractivity contribution in [3.05, 3.63) is 33.9 Å². The Morgan fingerprint density at radius 2 is 2.25 bits per heavy atom. The maximum Gasteiger partial charge on any atom is 0.311 e. The van der Waals surface area contributed by atoms with E-state index in [1.807, 2.05) is 6.92 Å². The number of ether oxygens (including phenoxy) is 1. The van der Waals surface area contributed by atoms with Crippen molar-refractivity contribution in [2.75, 3.05) is 13.7 Å². The third kappa shape index (κ3) is 4.20. The van der Waals surface area contributed by atoms with E-state index in [0.717, 1.165) is 0 Å². The van der Waals surface area contributed by atoms with Crippen molar-refractivity contribution < 1.29 is 19.6 Å². The zero-order chi connectivity index (χ0) is 15.1. The first kappa shape index (κ1) is 15.9. The molecule has 0 saturated carbocycles. The predicted molar refractivity (Wildman–Crippen MR) is 72.9 cm³/mol. The van der Waals surface area contributed by atoms with Crippen molar-refractivity contribution in [3.8, 4) is 5.75 Å². The number of rotatable bonds is 7.